The summed E-state index contributed by atoms with van der Waals surface area (Å²) in [6, 6.07) is 1.93. The van der Waals surface area contributed by atoms with Gasteiger partial charge in [-0.05, 0) is 19.4 Å². The van der Waals surface area contributed by atoms with E-state index in [1.807, 2.05) is 6.07 Å². The third kappa shape index (κ3) is 11.1. The minimum absolute atomic E-state index is 0.131. The monoisotopic (exact) mass is 292 g/mol. The zero-order chi connectivity index (χ0) is 14.6. The van der Waals surface area contributed by atoms with Crippen LogP contribution < -0.4 is 5.73 Å². The lowest BCUT2D eigenvalue weighted by atomic mass is 10.0. The first-order valence-electron chi connectivity index (χ1n) is 6.48. The van der Waals surface area contributed by atoms with Gasteiger partial charge in [0.15, 0.2) is 0 Å². The summed E-state index contributed by atoms with van der Waals surface area (Å²) in [6.07, 6.45) is 3.09. The van der Waals surface area contributed by atoms with E-state index in [9.17, 15) is 4.57 Å². The van der Waals surface area contributed by atoms with Gasteiger partial charge in [0, 0.05) is 19.7 Å². The Bertz CT molecular complexity index is 307. The predicted molar refractivity (Wildman–Crippen MR) is 73.9 cm³/mol. The molecule has 0 aromatic heterocycles. The molecule has 0 spiro atoms. The molecule has 112 valence electrons. The van der Waals surface area contributed by atoms with E-state index in [0.717, 1.165) is 19.3 Å². The summed E-state index contributed by atoms with van der Waals surface area (Å²) in [5.74, 6) is 0.185. The van der Waals surface area contributed by atoms with E-state index in [1.165, 1.54) is 6.66 Å². The highest BCUT2D eigenvalue weighted by molar-refractivity contribution is 7.52. The fraction of sp³-hybridized carbons (Fsp3) is 0.917. The second-order valence-electron chi connectivity index (χ2n) is 4.41. The fourth-order valence-electron chi connectivity index (χ4n) is 1.56. The normalized spacial score (nSPS) is 15.7. The third-order valence-electron chi connectivity index (χ3n) is 2.55. The first-order chi connectivity index (χ1) is 9.05. The van der Waals surface area contributed by atoms with Gasteiger partial charge in [-0.15, -0.1) is 0 Å². The van der Waals surface area contributed by atoms with E-state index in [4.69, 9.17) is 24.8 Å². The summed E-state index contributed by atoms with van der Waals surface area (Å²) >= 11 is 0. The van der Waals surface area contributed by atoms with Crippen molar-refractivity contribution < 1.29 is 18.3 Å². The lowest BCUT2D eigenvalue weighted by Crippen LogP contribution is -2.16. The second-order valence-corrected chi connectivity index (χ2v) is 6.47. The van der Waals surface area contributed by atoms with Crippen molar-refractivity contribution >= 4 is 7.60 Å². The molecule has 0 aromatic carbocycles. The lowest BCUT2D eigenvalue weighted by molar-refractivity contribution is 0.102. The number of methoxy groups -OCH3 is 1. The van der Waals surface area contributed by atoms with Crippen LogP contribution in [0.2, 0.25) is 0 Å². The van der Waals surface area contributed by atoms with E-state index in [2.05, 4.69) is 0 Å². The Labute approximate surface area is 115 Å². The van der Waals surface area contributed by atoms with E-state index in [1.54, 1.807) is 7.11 Å². The third-order valence-corrected chi connectivity index (χ3v) is 3.82. The molecule has 0 aliphatic heterocycles. The van der Waals surface area contributed by atoms with Crippen molar-refractivity contribution in [2.75, 3.05) is 40.1 Å². The van der Waals surface area contributed by atoms with Crippen LogP contribution in [0.25, 0.3) is 0 Å². The molecule has 0 aliphatic rings. The van der Waals surface area contributed by atoms with Crippen LogP contribution in [0.5, 0.6) is 0 Å². The summed E-state index contributed by atoms with van der Waals surface area (Å²) in [5.41, 5.74) is 5.45. The molecule has 0 aromatic rings. The van der Waals surface area contributed by atoms with Gasteiger partial charge in [-0.25, -0.2) is 0 Å². The number of nitrogens with zero attached hydrogens (tertiary/aromatic N) is 1. The molecule has 0 fully saturated rings. The summed E-state index contributed by atoms with van der Waals surface area (Å²) < 4.78 is 27.4. The molecule has 2 unspecified atom stereocenters. The Balaban J connectivity index is 4.00. The zero-order valence-corrected chi connectivity index (χ0v) is 12.7. The average molecular weight is 292 g/mol. The maximum Gasteiger partial charge on any atom is 0.327 e. The molecule has 0 saturated carbocycles. The SMILES string of the molecule is COCC(CCCCN)COP(C)(=O)OCCC#N. The molecule has 0 saturated heterocycles. The first-order valence-corrected chi connectivity index (χ1v) is 8.47. The number of nitrogens with two attached hydrogens (primary N) is 1. The number of ether oxygens (including phenoxy) is 1. The molecule has 19 heavy (non-hydrogen) atoms. The van der Waals surface area contributed by atoms with Gasteiger partial charge in [-0.2, -0.15) is 5.26 Å². The second kappa shape index (κ2) is 11.4. The van der Waals surface area contributed by atoms with Crippen molar-refractivity contribution in [1.82, 2.24) is 0 Å². The molecule has 0 heterocycles. The molecular weight excluding hydrogens is 267 g/mol. The largest absolute Gasteiger partial charge is 0.384 e. The summed E-state index contributed by atoms with van der Waals surface area (Å²) in [4.78, 5) is 0. The van der Waals surface area contributed by atoms with Crippen molar-refractivity contribution in [3.63, 3.8) is 0 Å². The van der Waals surface area contributed by atoms with Gasteiger partial charge in [0.1, 0.15) is 0 Å². The standard InChI is InChI=1S/C12H25N2O4P/c1-16-10-12(6-3-4-7-13)11-18-19(2,15)17-9-5-8-14/h12H,3-7,9-11,13H2,1-2H3. The first kappa shape index (κ1) is 18.6. The van der Waals surface area contributed by atoms with Gasteiger partial charge in [0.25, 0.3) is 0 Å². The van der Waals surface area contributed by atoms with Crippen molar-refractivity contribution in [2.24, 2.45) is 11.7 Å². The van der Waals surface area contributed by atoms with Crippen molar-refractivity contribution in [3.05, 3.63) is 0 Å². The van der Waals surface area contributed by atoms with Crippen molar-refractivity contribution in [1.29, 1.82) is 5.26 Å². The summed E-state index contributed by atoms with van der Waals surface area (Å²) in [5, 5.41) is 8.38. The molecule has 0 radical (unpaired) electrons. The Morgan fingerprint density at radius 2 is 2.05 bits per heavy atom. The van der Waals surface area contributed by atoms with Crippen LogP contribution in [0, 0.1) is 17.2 Å². The van der Waals surface area contributed by atoms with Crippen molar-refractivity contribution in [2.45, 2.75) is 25.7 Å². The number of hydrogen-bond donors (Lipinski definition) is 1. The van der Waals surface area contributed by atoms with Gasteiger partial charge in [0.2, 0.25) is 0 Å². The Hall–Kier alpha value is -0.440. The highest BCUT2D eigenvalue weighted by atomic mass is 31.2. The van der Waals surface area contributed by atoms with Crippen LogP contribution in [0.3, 0.4) is 0 Å². The maximum absolute atomic E-state index is 11.9. The summed E-state index contributed by atoms with van der Waals surface area (Å²) in [7, 11) is -1.44. The van der Waals surface area contributed by atoms with Crippen LogP contribution in [0.15, 0.2) is 0 Å². The van der Waals surface area contributed by atoms with Crippen LogP contribution >= 0.6 is 7.60 Å². The fourth-order valence-corrected chi connectivity index (χ4v) is 2.54. The van der Waals surface area contributed by atoms with Gasteiger partial charge >= 0.3 is 7.60 Å². The molecule has 0 rings (SSSR count). The molecular formula is C12H25N2O4P. The molecule has 6 nitrogen and oxygen atoms in total. The van der Waals surface area contributed by atoms with Crippen LogP contribution in [-0.4, -0.2) is 40.1 Å². The van der Waals surface area contributed by atoms with E-state index < -0.39 is 7.60 Å². The lowest BCUT2D eigenvalue weighted by Gasteiger charge is -2.19. The van der Waals surface area contributed by atoms with Crippen LogP contribution in [-0.2, 0) is 18.3 Å². The average Bonchev–Trinajstić information content (AvgIpc) is 2.36. The molecule has 0 bridgehead atoms. The minimum Gasteiger partial charge on any atom is -0.384 e. The molecule has 2 atom stereocenters. The number of nitriles is 1. The zero-order valence-electron chi connectivity index (χ0n) is 11.8. The molecule has 0 amide bonds. The number of hydrogen-bond acceptors (Lipinski definition) is 6. The van der Waals surface area contributed by atoms with Gasteiger partial charge in [0.05, 0.1) is 32.3 Å². The molecule has 0 aliphatic carbocycles. The Kier molecular flexibility index (Phi) is 11.1. The van der Waals surface area contributed by atoms with Gasteiger partial charge in [-0.1, -0.05) is 6.42 Å². The predicted octanol–water partition coefficient (Wildman–Crippen LogP) is 2.15. The maximum atomic E-state index is 11.9. The highest BCUT2D eigenvalue weighted by Gasteiger charge is 2.19. The van der Waals surface area contributed by atoms with Crippen molar-refractivity contribution in [3.8, 4) is 6.07 Å². The van der Waals surface area contributed by atoms with Crippen LogP contribution in [0.4, 0.5) is 0 Å². The van der Waals surface area contributed by atoms with Gasteiger partial charge in [-0.3, -0.25) is 4.57 Å². The Morgan fingerprint density at radius 1 is 1.32 bits per heavy atom. The summed E-state index contributed by atoms with van der Waals surface area (Å²) in [6.45, 7) is 3.12. The highest BCUT2D eigenvalue weighted by Crippen LogP contribution is 2.44. The quantitative estimate of drug-likeness (QED) is 0.437. The van der Waals surface area contributed by atoms with Gasteiger partial charge < -0.3 is 19.5 Å². The van der Waals surface area contributed by atoms with E-state index in [-0.39, 0.29) is 18.9 Å². The van der Waals surface area contributed by atoms with Crippen LogP contribution in [0.1, 0.15) is 25.7 Å². The number of rotatable bonds is 12. The smallest absolute Gasteiger partial charge is 0.327 e. The van der Waals surface area contributed by atoms with E-state index >= 15 is 0 Å². The minimum atomic E-state index is -3.07. The Morgan fingerprint density at radius 3 is 2.63 bits per heavy atom. The van der Waals surface area contributed by atoms with E-state index in [0.29, 0.717) is 19.8 Å². The topological polar surface area (TPSA) is 94.6 Å². The molecule has 7 heteroatoms. The molecule has 2 N–H and O–H groups in total. The number of unbranched alkanes of at least 4 members (excludes halogenated alkanes) is 1.